The first kappa shape index (κ1) is 15.7. The van der Waals surface area contributed by atoms with Crippen molar-refractivity contribution in [1.29, 1.82) is 0 Å². The summed E-state index contributed by atoms with van der Waals surface area (Å²) in [5, 5.41) is 3.95. The molecule has 21 heavy (non-hydrogen) atoms. The lowest BCUT2D eigenvalue weighted by Gasteiger charge is -2.12. The summed E-state index contributed by atoms with van der Waals surface area (Å²) in [4.78, 5) is 11.9. The van der Waals surface area contributed by atoms with Crippen molar-refractivity contribution in [1.82, 2.24) is 0 Å². The fraction of sp³-hybridized carbons (Fsp3) is 0.188. The van der Waals surface area contributed by atoms with E-state index in [2.05, 4.69) is 5.32 Å². The summed E-state index contributed by atoms with van der Waals surface area (Å²) in [5.41, 5.74) is 2.44. The van der Waals surface area contributed by atoms with Gasteiger partial charge in [-0.05, 0) is 55.3 Å². The van der Waals surface area contributed by atoms with Gasteiger partial charge < -0.3 is 10.1 Å². The minimum Gasteiger partial charge on any atom is -0.483 e. The number of hydrogen-bond acceptors (Lipinski definition) is 2. The molecule has 0 bridgehead atoms. The number of anilines is 1. The summed E-state index contributed by atoms with van der Waals surface area (Å²) < 4.78 is 5.58. The molecule has 2 aromatic rings. The average Bonchev–Trinajstić information content (AvgIpc) is 2.37. The summed E-state index contributed by atoms with van der Waals surface area (Å²) >= 11 is 11.8. The molecular formula is C16H15Cl2NO2. The third kappa shape index (κ3) is 4.38. The van der Waals surface area contributed by atoms with Gasteiger partial charge >= 0.3 is 0 Å². The van der Waals surface area contributed by atoms with Crippen molar-refractivity contribution in [3.05, 3.63) is 57.6 Å². The molecule has 0 radical (unpaired) electrons. The smallest absolute Gasteiger partial charge is 0.262 e. The third-order valence-corrected chi connectivity index (χ3v) is 3.33. The molecule has 0 spiro atoms. The van der Waals surface area contributed by atoms with Crippen LogP contribution in [0.1, 0.15) is 11.1 Å². The van der Waals surface area contributed by atoms with E-state index < -0.39 is 0 Å². The van der Waals surface area contributed by atoms with Crippen LogP contribution in [-0.4, -0.2) is 12.5 Å². The Kier molecular flexibility index (Phi) is 5.10. The molecule has 0 aliphatic heterocycles. The van der Waals surface area contributed by atoms with Gasteiger partial charge in [0.1, 0.15) is 5.75 Å². The summed E-state index contributed by atoms with van der Waals surface area (Å²) in [5.74, 6) is 0.437. The lowest BCUT2D eigenvalue weighted by molar-refractivity contribution is -0.118. The SMILES string of the molecule is Cc1cc(Cl)cc(C)c1OCC(=O)Nc1cccc(Cl)c1. The second kappa shape index (κ2) is 6.83. The van der Waals surface area contributed by atoms with Crippen LogP contribution >= 0.6 is 23.2 Å². The molecule has 3 nitrogen and oxygen atoms in total. The van der Waals surface area contributed by atoms with Gasteiger partial charge in [-0.1, -0.05) is 29.3 Å². The van der Waals surface area contributed by atoms with Crippen molar-refractivity contribution in [2.24, 2.45) is 0 Å². The summed E-state index contributed by atoms with van der Waals surface area (Å²) in [6, 6.07) is 10.6. The number of benzene rings is 2. The number of carbonyl (C=O) groups is 1. The van der Waals surface area contributed by atoms with Gasteiger partial charge in [0.2, 0.25) is 0 Å². The van der Waals surface area contributed by atoms with Gasteiger partial charge in [0.15, 0.2) is 6.61 Å². The Morgan fingerprint density at radius 1 is 1.10 bits per heavy atom. The number of rotatable bonds is 4. The van der Waals surface area contributed by atoms with Crippen molar-refractivity contribution < 1.29 is 9.53 Å². The molecule has 0 fully saturated rings. The Morgan fingerprint density at radius 3 is 2.38 bits per heavy atom. The Morgan fingerprint density at radius 2 is 1.76 bits per heavy atom. The van der Waals surface area contributed by atoms with Gasteiger partial charge in [-0.3, -0.25) is 4.79 Å². The predicted molar refractivity (Wildman–Crippen MR) is 86.5 cm³/mol. The molecule has 0 aliphatic carbocycles. The molecule has 0 aromatic heterocycles. The summed E-state index contributed by atoms with van der Waals surface area (Å²) in [6.45, 7) is 3.71. The van der Waals surface area contributed by atoms with Crippen LogP contribution in [0.4, 0.5) is 5.69 Å². The van der Waals surface area contributed by atoms with E-state index in [1.165, 1.54) is 0 Å². The van der Waals surface area contributed by atoms with Gasteiger partial charge in [-0.25, -0.2) is 0 Å². The summed E-state index contributed by atoms with van der Waals surface area (Å²) in [6.07, 6.45) is 0. The quantitative estimate of drug-likeness (QED) is 0.890. The molecule has 0 heterocycles. The highest BCUT2D eigenvalue weighted by Crippen LogP contribution is 2.27. The lowest BCUT2D eigenvalue weighted by Crippen LogP contribution is -2.20. The van der Waals surface area contributed by atoms with E-state index in [-0.39, 0.29) is 12.5 Å². The molecule has 110 valence electrons. The number of hydrogen-bond donors (Lipinski definition) is 1. The van der Waals surface area contributed by atoms with Crippen molar-refractivity contribution in [3.8, 4) is 5.75 Å². The normalized spacial score (nSPS) is 10.3. The van der Waals surface area contributed by atoms with Gasteiger partial charge in [0.25, 0.3) is 5.91 Å². The Hall–Kier alpha value is -1.71. The molecule has 0 aliphatic rings. The second-order valence-electron chi connectivity index (χ2n) is 4.72. The van der Waals surface area contributed by atoms with Crippen LogP contribution in [0.3, 0.4) is 0 Å². The van der Waals surface area contributed by atoms with Gasteiger partial charge in [0.05, 0.1) is 0 Å². The zero-order valence-corrected chi connectivity index (χ0v) is 13.3. The molecular weight excluding hydrogens is 309 g/mol. The first-order valence-electron chi connectivity index (χ1n) is 6.40. The van der Waals surface area contributed by atoms with E-state index in [0.29, 0.717) is 21.5 Å². The van der Waals surface area contributed by atoms with Crippen LogP contribution in [0, 0.1) is 13.8 Å². The second-order valence-corrected chi connectivity index (χ2v) is 5.59. The van der Waals surface area contributed by atoms with E-state index in [9.17, 15) is 4.79 Å². The van der Waals surface area contributed by atoms with Gasteiger partial charge in [-0.2, -0.15) is 0 Å². The number of carbonyl (C=O) groups excluding carboxylic acids is 1. The Balaban J connectivity index is 1.99. The van der Waals surface area contributed by atoms with E-state index in [0.717, 1.165) is 11.1 Å². The van der Waals surface area contributed by atoms with E-state index >= 15 is 0 Å². The molecule has 2 aromatic carbocycles. The predicted octanol–water partition coefficient (Wildman–Crippen LogP) is 4.63. The molecule has 1 N–H and O–H groups in total. The fourth-order valence-electron chi connectivity index (χ4n) is 2.03. The minimum atomic E-state index is -0.244. The topological polar surface area (TPSA) is 38.3 Å². The van der Waals surface area contributed by atoms with E-state index in [4.69, 9.17) is 27.9 Å². The zero-order valence-electron chi connectivity index (χ0n) is 11.7. The number of amides is 1. The molecule has 0 unspecified atom stereocenters. The van der Waals surface area contributed by atoms with Crippen molar-refractivity contribution >= 4 is 34.8 Å². The number of aryl methyl sites for hydroxylation is 2. The van der Waals surface area contributed by atoms with Crippen molar-refractivity contribution in [3.63, 3.8) is 0 Å². The van der Waals surface area contributed by atoms with Crippen LogP contribution < -0.4 is 10.1 Å². The van der Waals surface area contributed by atoms with E-state index in [1.54, 1.807) is 36.4 Å². The van der Waals surface area contributed by atoms with Crippen molar-refractivity contribution in [2.45, 2.75) is 13.8 Å². The molecule has 0 saturated carbocycles. The monoisotopic (exact) mass is 323 g/mol. The van der Waals surface area contributed by atoms with Crippen molar-refractivity contribution in [2.75, 3.05) is 11.9 Å². The third-order valence-electron chi connectivity index (χ3n) is 2.88. The van der Waals surface area contributed by atoms with Crippen LogP contribution in [0.25, 0.3) is 0 Å². The first-order valence-corrected chi connectivity index (χ1v) is 7.16. The molecule has 0 atom stereocenters. The molecule has 5 heteroatoms. The maximum atomic E-state index is 11.9. The van der Waals surface area contributed by atoms with E-state index in [1.807, 2.05) is 13.8 Å². The fourth-order valence-corrected chi connectivity index (χ4v) is 2.54. The zero-order chi connectivity index (χ0) is 15.4. The van der Waals surface area contributed by atoms with Crippen LogP contribution in [0.2, 0.25) is 10.0 Å². The molecule has 1 amide bonds. The maximum absolute atomic E-state index is 11.9. The molecule has 0 saturated heterocycles. The maximum Gasteiger partial charge on any atom is 0.262 e. The van der Waals surface area contributed by atoms with Gasteiger partial charge in [-0.15, -0.1) is 0 Å². The number of halogens is 2. The number of nitrogens with one attached hydrogen (secondary N) is 1. The highest BCUT2D eigenvalue weighted by atomic mass is 35.5. The Labute approximate surface area is 133 Å². The van der Waals surface area contributed by atoms with Crippen LogP contribution in [-0.2, 0) is 4.79 Å². The largest absolute Gasteiger partial charge is 0.483 e. The number of ether oxygens (including phenoxy) is 1. The highest BCUT2D eigenvalue weighted by Gasteiger charge is 2.09. The average molecular weight is 324 g/mol. The Bertz CT molecular complexity index is 648. The summed E-state index contributed by atoms with van der Waals surface area (Å²) in [7, 11) is 0. The minimum absolute atomic E-state index is 0.0736. The first-order chi connectivity index (χ1) is 9.95. The molecule has 2 rings (SSSR count). The van der Waals surface area contributed by atoms with Crippen LogP contribution in [0.5, 0.6) is 5.75 Å². The highest BCUT2D eigenvalue weighted by molar-refractivity contribution is 6.31. The van der Waals surface area contributed by atoms with Crippen LogP contribution in [0.15, 0.2) is 36.4 Å². The lowest BCUT2D eigenvalue weighted by atomic mass is 10.1. The van der Waals surface area contributed by atoms with Gasteiger partial charge in [0, 0.05) is 15.7 Å². The standard InChI is InChI=1S/C16H15Cl2NO2/c1-10-6-13(18)7-11(2)16(10)21-9-15(20)19-14-5-3-4-12(17)8-14/h3-8H,9H2,1-2H3,(H,19,20).